The largest absolute Gasteiger partial charge is 0.332 e. The van der Waals surface area contributed by atoms with Crippen LogP contribution in [-0.4, -0.2) is 46.2 Å². The lowest BCUT2D eigenvalue weighted by atomic mass is 10.1. The summed E-state index contributed by atoms with van der Waals surface area (Å²) >= 11 is 3.11. The van der Waals surface area contributed by atoms with Gasteiger partial charge >= 0.3 is 0 Å². The van der Waals surface area contributed by atoms with Crippen LogP contribution in [0.3, 0.4) is 0 Å². The second kappa shape index (κ2) is 6.21. The zero-order valence-corrected chi connectivity index (χ0v) is 13.0. The zero-order chi connectivity index (χ0) is 15.6. The molecule has 1 aliphatic heterocycles. The van der Waals surface area contributed by atoms with E-state index in [1.165, 1.54) is 15.9 Å². The summed E-state index contributed by atoms with van der Waals surface area (Å²) in [6.45, 7) is 2.59. The first-order chi connectivity index (χ1) is 9.92. The third kappa shape index (κ3) is 3.38. The lowest BCUT2D eigenvalue weighted by Gasteiger charge is -2.33. The Labute approximate surface area is 129 Å². The fourth-order valence-electron chi connectivity index (χ4n) is 2.15. The predicted octanol–water partition coefficient (Wildman–Crippen LogP) is 1.55. The summed E-state index contributed by atoms with van der Waals surface area (Å²) in [6.07, 6.45) is 0. The third-order valence-electron chi connectivity index (χ3n) is 3.32. The molecule has 112 valence electrons. The smallest absolute Gasteiger partial charge is 0.283 e. The SMILES string of the molecule is CCN1CC(=O)N(Cc2ccc(Br)c([N+](=O)[O-])c2)CC1=O. The highest BCUT2D eigenvalue weighted by Crippen LogP contribution is 2.26. The Hall–Kier alpha value is -1.96. The minimum absolute atomic E-state index is 0.0105. The van der Waals surface area contributed by atoms with Gasteiger partial charge < -0.3 is 9.80 Å². The highest BCUT2D eigenvalue weighted by atomic mass is 79.9. The number of hydrogen-bond donors (Lipinski definition) is 0. The lowest BCUT2D eigenvalue weighted by Crippen LogP contribution is -2.53. The Bertz CT molecular complexity index is 605. The molecule has 0 spiro atoms. The minimum Gasteiger partial charge on any atom is -0.332 e. The molecule has 1 aromatic rings. The molecule has 1 heterocycles. The van der Waals surface area contributed by atoms with E-state index in [0.29, 0.717) is 16.6 Å². The molecule has 0 unspecified atom stereocenters. The van der Waals surface area contributed by atoms with Crippen molar-refractivity contribution in [1.82, 2.24) is 9.80 Å². The van der Waals surface area contributed by atoms with Crippen molar-refractivity contribution in [3.63, 3.8) is 0 Å². The molecule has 8 heteroatoms. The first-order valence-electron chi connectivity index (χ1n) is 6.40. The van der Waals surface area contributed by atoms with E-state index in [9.17, 15) is 19.7 Å². The average Bonchev–Trinajstić information content (AvgIpc) is 2.44. The number of hydrogen-bond acceptors (Lipinski definition) is 4. The van der Waals surface area contributed by atoms with Gasteiger partial charge in [-0.25, -0.2) is 0 Å². The number of amides is 2. The van der Waals surface area contributed by atoms with E-state index >= 15 is 0 Å². The Morgan fingerprint density at radius 1 is 1.24 bits per heavy atom. The van der Waals surface area contributed by atoms with Gasteiger partial charge in [-0.15, -0.1) is 0 Å². The Morgan fingerprint density at radius 2 is 1.86 bits per heavy atom. The van der Waals surface area contributed by atoms with Gasteiger partial charge in [-0.2, -0.15) is 0 Å². The van der Waals surface area contributed by atoms with Gasteiger partial charge in [0.25, 0.3) is 5.69 Å². The van der Waals surface area contributed by atoms with Gasteiger partial charge in [-0.05, 0) is 34.5 Å². The summed E-state index contributed by atoms with van der Waals surface area (Å²) < 4.78 is 0.384. The maximum atomic E-state index is 12.0. The van der Waals surface area contributed by atoms with Crippen LogP contribution in [0.1, 0.15) is 12.5 Å². The van der Waals surface area contributed by atoms with Crippen LogP contribution in [0.5, 0.6) is 0 Å². The van der Waals surface area contributed by atoms with Crippen molar-refractivity contribution in [1.29, 1.82) is 0 Å². The van der Waals surface area contributed by atoms with Crippen LogP contribution in [0.2, 0.25) is 0 Å². The molecule has 21 heavy (non-hydrogen) atoms. The van der Waals surface area contributed by atoms with E-state index in [2.05, 4.69) is 15.9 Å². The molecule has 1 aliphatic rings. The van der Waals surface area contributed by atoms with Gasteiger partial charge in [0.2, 0.25) is 11.8 Å². The average molecular weight is 356 g/mol. The van der Waals surface area contributed by atoms with Crippen molar-refractivity contribution in [3.8, 4) is 0 Å². The Kier molecular flexibility index (Phi) is 4.56. The van der Waals surface area contributed by atoms with E-state index in [-0.39, 0.29) is 37.1 Å². The molecule has 1 aromatic carbocycles. The summed E-state index contributed by atoms with van der Waals surface area (Å²) in [4.78, 5) is 37.1. The Balaban J connectivity index is 2.15. The number of nitro benzene ring substituents is 1. The van der Waals surface area contributed by atoms with Gasteiger partial charge in [0.1, 0.15) is 6.54 Å². The van der Waals surface area contributed by atoms with E-state index in [4.69, 9.17) is 0 Å². The maximum Gasteiger partial charge on any atom is 0.283 e. The van der Waals surface area contributed by atoms with Crippen LogP contribution in [0.25, 0.3) is 0 Å². The van der Waals surface area contributed by atoms with Crippen molar-refractivity contribution in [2.24, 2.45) is 0 Å². The fourth-order valence-corrected chi connectivity index (χ4v) is 2.54. The van der Waals surface area contributed by atoms with Crippen LogP contribution in [-0.2, 0) is 16.1 Å². The molecule has 7 nitrogen and oxygen atoms in total. The van der Waals surface area contributed by atoms with Gasteiger partial charge in [0.15, 0.2) is 0 Å². The van der Waals surface area contributed by atoms with Crippen molar-refractivity contribution in [3.05, 3.63) is 38.3 Å². The summed E-state index contributed by atoms with van der Waals surface area (Å²) in [5, 5.41) is 10.9. The topological polar surface area (TPSA) is 83.8 Å². The second-order valence-electron chi connectivity index (χ2n) is 4.70. The highest BCUT2D eigenvalue weighted by Gasteiger charge is 2.29. The molecule has 0 bridgehead atoms. The van der Waals surface area contributed by atoms with Crippen molar-refractivity contribution in [2.75, 3.05) is 19.6 Å². The normalized spacial score (nSPS) is 15.5. The van der Waals surface area contributed by atoms with E-state index in [1.54, 1.807) is 12.1 Å². The number of benzene rings is 1. The molecule has 0 aliphatic carbocycles. The standard InChI is InChI=1S/C13H14BrN3O4/c1-2-15-7-13(19)16(8-12(15)18)6-9-3-4-10(14)11(5-9)17(20)21/h3-5H,2,6-8H2,1H3. The van der Waals surface area contributed by atoms with E-state index in [1.807, 2.05) is 6.92 Å². The lowest BCUT2D eigenvalue weighted by molar-refractivity contribution is -0.385. The molecule has 2 rings (SSSR count). The Morgan fingerprint density at radius 3 is 2.48 bits per heavy atom. The maximum absolute atomic E-state index is 12.0. The number of piperazine rings is 1. The molecule has 0 aromatic heterocycles. The minimum atomic E-state index is -0.490. The van der Waals surface area contributed by atoms with Crippen LogP contribution < -0.4 is 0 Å². The summed E-state index contributed by atoms with van der Waals surface area (Å²) in [5.41, 5.74) is 0.564. The van der Waals surface area contributed by atoms with Crippen LogP contribution in [0, 0.1) is 10.1 Å². The number of nitrogens with zero attached hydrogens (tertiary/aromatic N) is 3. The highest BCUT2D eigenvalue weighted by molar-refractivity contribution is 9.10. The molecule has 0 atom stereocenters. The van der Waals surface area contributed by atoms with Gasteiger partial charge in [-0.3, -0.25) is 19.7 Å². The fraction of sp³-hybridized carbons (Fsp3) is 0.385. The molecule has 1 fully saturated rings. The van der Waals surface area contributed by atoms with Gasteiger partial charge in [0, 0.05) is 19.2 Å². The van der Waals surface area contributed by atoms with Crippen molar-refractivity contribution < 1.29 is 14.5 Å². The second-order valence-corrected chi connectivity index (χ2v) is 5.55. The van der Waals surface area contributed by atoms with Crippen molar-refractivity contribution >= 4 is 33.4 Å². The molecule has 0 radical (unpaired) electrons. The summed E-state index contributed by atoms with van der Waals surface area (Å²) in [7, 11) is 0. The predicted molar refractivity (Wildman–Crippen MR) is 78.5 cm³/mol. The number of nitro groups is 1. The zero-order valence-electron chi connectivity index (χ0n) is 11.4. The third-order valence-corrected chi connectivity index (χ3v) is 3.99. The van der Waals surface area contributed by atoms with E-state index < -0.39 is 4.92 Å². The van der Waals surface area contributed by atoms with Crippen LogP contribution >= 0.6 is 15.9 Å². The molecule has 1 saturated heterocycles. The van der Waals surface area contributed by atoms with Crippen LogP contribution in [0.15, 0.2) is 22.7 Å². The molecule has 0 saturated carbocycles. The van der Waals surface area contributed by atoms with E-state index in [0.717, 1.165) is 0 Å². The quantitative estimate of drug-likeness (QED) is 0.605. The van der Waals surface area contributed by atoms with Crippen LogP contribution in [0.4, 0.5) is 5.69 Å². The number of likely N-dealkylation sites (N-methyl/N-ethyl adjacent to an activating group) is 1. The molecular formula is C13H14BrN3O4. The number of carbonyl (C=O) groups excluding carboxylic acids is 2. The van der Waals surface area contributed by atoms with Gasteiger partial charge in [0.05, 0.1) is 15.9 Å². The molecule has 2 amide bonds. The molecular weight excluding hydrogens is 342 g/mol. The number of carbonyl (C=O) groups is 2. The number of halogens is 1. The van der Waals surface area contributed by atoms with Gasteiger partial charge in [-0.1, -0.05) is 6.07 Å². The number of rotatable bonds is 4. The summed E-state index contributed by atoms with van der Waals surface area (Å²) in [5.74, 6) is -0.259. The first kappa shape index (κ1) is 15.4. The van der Waals surface area contributed by atoms with Crippen molar-refractivity contribution in [2.45, 2.75) is 13.5 Å². The molecule has 0 N–H and O–H groups in total. The first-order valence-corrected chi connectivity index (χ1v) is 7.20. The monoisotopic (exact) mass is 355 g/mol. The summed E-state index contributed by atoms with van der Waals surface area (Å²) in [6, 6.07) is 4.68.